The SMILES string of the molecule is CC(C)CCCCC1CCC2C3CC=C4CC(OCCOC(=O)CCC(=O)O)CCC4(C)C3CCC12C. The van der Waals surface area contributed by atoms with Crippen molar-refractivity contribution in [1.82, 2.24) is 0 Å². The first kappa shape index (κ1) is 28.6. The number of hydrogen-bond acceptors (Lipinski definition) is 4. The van der Waals surface area contributed by atoms with Crippen molar-refractivity contribution in [2.24, 2.45) is 40.4 Å². The summed E-state index contributed by atoms with van der Waals surface area (Å²) in [7, 11) is 0. The molecule has 3 saturated carbocycles. The molecule has 5 heteroatoms. The van der Waals surface area contributed by atoms with Gasteiger partial charge in [0.15, 0.2) is 0 Å². The van der Waals surface area contributed by atoms with Crippen LogP contribution in [-0.2, 0) is 19.1 Å². The summed E-state index contributed by atoms with van der Waals surface area (Å²) in [6.07, 6.45) is 18.4. The van der Waals surface area contributed by atoms with E-state index in [1.807, 2.05) is 0 Å². The van der Waals surface area contributed by atoms with Crippen LogP contribution in [-0.4, -0.2) is 36.4 Å². The lowest BCUT2D eigenvalue weighted by Crippen LogP contribution is -2.50. The maximum atomic E-state index is 11.6. The van der Waals surface area contributed by atoms with Crippen LogP contribution in [0.3, 0.4) is 0 Å². The predicted molar refractivity (Wildman–Crippen MR) is 146 cm³/mol. The Labute approximate surface area is 225 Å². The molecular weight excluding hydrogens is 464 g/mol. The van der Waals surface area contributed by atoms with Gasteiger partial charge in [-0.2, -0.15) is 0 Å². The second kappa shape index (κ2) is 12.2. The number of rotatable bonds is 12. The van der Waals surface area contributed by atoms with Crippen molar-refractivity contribution in [3.8, 4) is 0 Å². The minimum absolute atomic E-state index is 0.0779. The number of carboxylic acid groups (broad SMARTS) is 1. The summed E-state index contributed by atoms with van der Waals surface area (Å²) in [5, 5.41) is 8.68. The average molecular weight is 517 g/mol. The molecule has 7 atom stereocenters. The highest BCUT2D eigenvalue weighted by Crippen LogP contribution is 2.66. The van der Waals surface area contributed by atoms with E-state index in [2.05, 4.69) is 33.8 Å². The van der Waals surface area contributed by atoms with Gasteiger partial charge in [-0.1, -0.05) is 58.6 Å². The number of esters is 1. The second-order valence-corrected chi connectivity index (χ2v) is 13.6. The van der Waals surface area contributed by atoms with Gasteiger partial charge >= 0.3 is 11.9 Å². The molecule has 0 heterocycles. The fourth-order valence-corrected chi connectivity index (χ4v) is 8.95. The van der Waals surface area contributed by atoms with Crippen molar-refractivity contribution in [2.45, 2.75) is 124 Å². The zero-order chi connectivity index (χ0) is 26.6. The van der Waals surface area contributed by atoms with E-state index in [9.17, 15) is 9.59 Å². The van der Waals surface area contributed by atoms with Gasteiger partial charge in [-0.05, 0) is 98.2 Å². The molecule has 0 saturated heterocycles. The minimum Gasteiger partial charge on any atom is -0.481 e. The van der Waals surface area contributed by atoms with Crippen molar-refractivity contribution < 1.29 is 24.2 Å². The molecule has 0 spiro atoms. The minimum atomic E-state index is -0.978. The van der Waals surface area contributed by atoms with Gasteiger partial charge in [-0.3, -0.25) is 9.59 Å². The molecule has 4 aliphatic carbocycles. The van der Waals surface area contributed by atoms with Crippen molar-refractivity contribution in [3.05, 3.63) is 11.6 Å². The highest BCUT2D eigenvalue weighted by Gasteiger charge is 2.58. The van der Waals surface area contributed by atoms with Crippen LogP contribution in [0, 0.1) is 40.4 Å². The monoisotopic (exact) mass is 516 g/mol. The molecule has 4 rings (SSSR count). The summed E-state index contributed by atoms with van der Waals surface area (Å²) in [5.74, 6) is 2.91. The molecule has 0 radical (unpaired) electrons. The van der Waals surface area contributed by atoms with Gasteiger partial charge in [0.05, 0.1) is 25.6 Å². The van der Waals surface area contributed by atoms with Gasteiger partial charge in [-0.15, -0.1) is 0 Å². The van der Waals surface area contributed by atoms with E-state index >= 15 is 0 Å². The summed E-state index contributed by atoms with van der Waals surface area (Å²) in [4.78, 5) is 22.2. The number of hydrogen-bond donors (Lipinski definition) is 1. The highest BCUT2D eigenvalue weighted by molar-refractivity contribution is 5.76. The number of allylic oxidation sites excluding steroid dienone is 1. The molecule has 3 fully saturated rings. The van der Waals surface area contributed by atoms with Gasteiger partial charge < -0.3 is 14.6 Å². The first-order chi connectivity index (χ1) is 17.6. The summed E-state index contributed by atoms with van der Waals surface area (Å²) < 4.78 is 11.3. The molecule has 210 valence electrons. The smallest absolute Gasteiger partial charge is 0.306 e. The zero-order valence-electron chi connectivity index (χ0n) is 23.9. The van der Waals surface area contributed by atoms with Crippen molar-refractivity contribution >= 4 is 11.9 Å². The van der Waals surface area contributed by atoms with Crippen LogP contribution >= 0.6 is 0 Å². The number of ether oxygens (including phenoxy) is 2. The topological polar surface area (TPSA) is 72.8 Å². The van der Waals surface area contributed by atoms with Crippen molar-refractivity contribution in [3.63, 3.8) is 0 Å². The summed E-state index contributed by atoms with van der Waals surface area (Å²) in [6.45, 7) is 10.5. The number of aliphatic carboxylic acids is 1. The molecule has 0 aromatic heterocycles. The van der Waals surface area contributed by atoms with Crippen LogP contribution in [0.25, 0.3) is 0 Å². The molecular formula is C32H52O5. The lowest BCUT2D eigenvalue weighted by atomic mass is 9.47. The third kappa shape index (κ3) is 6.45. The Morgan fingerprint density at radius 3 is 2.59 bits per heavy atom. The lowest BCUT2D eigenvalue weighted by molar-refractivity contribution is -0.149. The maximum Gasteiger partial charge on any atom is 0.306 e. The fourth-order valence-electron chi connectivity index (χ4n) is 8.95. The van der Waals surface area contributed by atoms with Crippen molar-refractivity contribution in [1.29, 1.82) is 0 Å². The number of unbranched alkanes of at least 4 members (excludes halogenated alkanes) is 1. The molecule has 0 aromatic rings. The Bertz CT molecular complexity index is 833. The van der Waals surface area contributed by atoms with E-state index in [1.165, 1.54) is 64.2 Å². The zero-order valence-corrected chi connectivity index (χ0v) is 23.9. The first-order valence-corrected chi connectivity index (χ1v) is 15.3. The Morgan fingerprint density at radius 1 is 1.03 bits per heavy atom. The van der Waals surface area contributed by atoms with Gasteiger partial charge in [0.25, 0.3) is 0 Å². The van der Waals surface area contributed by atoms with E-state index in [1.54, 1.807) is 5.57 Å². The second-order valence-electron chi connectivity index (χ2n) is 13.6. The molecule has 7 unspecified atom stereocenters. The molecule has 0 aliphatic heterocycles. The number of fused-ring (bicyclic) bond motifs is 5. The van der Waals surface area contributed by atoms with E-state index in [-0.39, 0.29) is 25.6 Å². The summed E-state index contributed by atoms with van der Waals surface area (Å²) >= 11 is 0. The highest BCUT2D eigenvalue weighted by atomic mass is 16.6. The average Bonchev–Trinajstić information content (AvgIpc) is 3.19. The van der Waals surface area contributed by atoms with Crippen LogP contribution in [0.4, 0.5) is 0 Å². The number of carbonyl (C=O) groups is 2. The van der Waals surface area contributed by atoms with E-state index in [4.69, 9.17) is 14.6 Å². The third-order valence-electron chi connectivity index (χ3n) is 11.1. The van der Waals surface area contributed by atoms with Gasteiger partial charge in [0, 0.05) is 0 Å². The quantitative estimate of drug-likeness (QED) is 0.164. The van der Waals surface area contributed by atoms with Crippen LogP contribution in [0.15, 0.2) is 11.6 Å². The summed E-state index contributed by atoms with van der Waals surface area (Å²) in [6, 6.07) is 0. The Balaban J connectivity index is 1.28. The normalized spacial score (nSPS) is 36.9. The van der Waals surface area contributed by atoms with E-state index in [0.717, 1.165) is 42.4 Å². The van der Waals surface area contributed by atoms with Gasteiger partial charge in [-0.25, -0.2) is 0 Å². The van der Waals surface area contributed by atoms with Crippen molar-refractivity contribution in [2.75, 3.05) is 13.2 Å². The van der Waals surface area contributed by atoms with Crippen LogP contribution in [0.2, 0.25) is 0 Å². The Morgan fingerprint density at radius 2 is 1.84 bits per heavy atom. The third-order valence-corrected chi connectivity index (χ3v) is 11.1. The van der Waals surface area contributed by atoms with Crippen LogP contribution in [0.1, 0.15) is 118 Å². The molecule has 0 amide bonds. The lowest BCUT2D eigenvalue weighted by Gasteiger charge is -2.58. The van der Waals surface area contributed by atoms with E-state index in [0.29, 0.717) is 17.4 Å². The predicted octanol–water partition coefficient (Wildman–Crippen LogP) is 7.58. The fraction of sp³-hybridized carbons (Fsp3) is 0.875. The summed E-state index contributed by atoms with van der Waals surface area (Å²) in [5.41, 5.74) is 2.50. The molecule has 0 bridgehead atoms. The standard InChI is InChI=1S/C32H52O5/c1-22(2)7-5-6-8-23-10-12-27-26-11-9-24-21-25(36-19-20-37-30(35)14-13-29(33)34)15-17-32(24,4)28(26)16-18-31(23,27)3/h9,22-23,25-28H,5-8,10-21H2,1-4H3,(H,33,34). The molecule has 0 aromatic carbocycles. The molecule has 5 nitrogen and oxygen atoms in total. The molecule has 1 N–H and O–H groups in total. The van der Waals surface area contributed by atoms with Crippen LogP contribution in [0.5, 0.6) is 0 Å². The Kier molecular flexibility index (Phi) is 9.46. The largest absolute Gasteiger partial charge is 0.481 e. The van der Waals surface area contributed by atoms with Gasteiger partial charge in [0.2, 0.25) is 0 Å². The Hall–Kier alpha value is -1.36. The maximum absolute atomic E-state index is 11.6. The molecule has 4 aliphatic rings. The number of carboxylic acids is 1. The molecule has 37 heavy (non-hydrogen) atoms. The number of carbonyl (C=O) groups excluding carboxylic acids is 1. The van der Waals surface area contributed by atoms with Gasteiger partial charge in [0.1, 0.15) is 6.61 Å². The van der Waals surface area contributed by atoms with Crippen LogP contribution < -0.4 is 0 Å². The first-order valence-electron chi connectivity index (χ1n) is 15.3. The van der Waals surface area contributed by atoms with E-state index < -0.39 is 11.9 Å².